The van der Waals surface area contributed by atoms with Gasteiger partial charge in [0.1, 0.15) is 5.75 Å². The summed E-state index contributed by atoms with van der Waals surface area (Å²) in [6, 6.07) is 10.3. The first-order valence-corrected chi connectivity index (χ1v) is 10.4. The van der Waals surface area contributed by atoms with Gasteiger partial charge in [0.05, 0.1) is 6.04 Å². The monoisotopic (exact) mass is 380 g/mol. The molecule has 2 bridgehead atoms. The van der Waals surface area contributed by atoms with Crippen LogP contribution in [0.25, 0.3) is 0 Å². The van der Waals surface area contributed by atoms with Crippen LogP contribution in [0.15, 0.2) is 36.5 Å². The van der Waals surface area contributed by atoms with E-state index in [1.165, 1.54) is 12.8 Å². The first-order valence-electron chi connectivity index (χ1n) is 10.4. The van der Waals surface area contributed by atoms with Crippen molar-refractivity contribution in [2.24, 2.45) is 5.92 Å². The van der Waals surface area contributed by atoms with Crippen LogP contribution in [0.3, 0.4) is 0 Å². The van der Waals surface area contributed by atoms with Crippen molar-refractivity contribution in [2.45, 2.75) is 50.7 Å². The number of phenols is 1. The number of carbonyl (C=O) groups excluding carboxylic acids is 1. The third-order valence-corrected chi connectivity index (χ3v) is 7.08. The molecular formula is C22H28N4O2. The van der Waals surface area contributed by atoms with Crippen molar-refractivity contribution in [3.63, 3.8) is 0 Å². The molecule has 28 heavy (non-hydrogen) atoms. The highest BCUT2D eigenvalue weighted by Gasteiger charge is 2.54. The van der Waals surface area contributed by atoms with Gasteiger partial charge in [0.15, 0.2) is 0 Å². The first kappa shape index (κ1) is 17.7. The number of aromatic nitrogens is 2. The number of hydrogen-bond donors (Lipinski definition) is 1. The van der Waals surface area contributed by atoms with Gasteiger partial charge in [0.25, 0.3) is 0 Å². The number of likely N-dealkylation sites (tertiary alicyclic amines) is 1. The van der Waals surface area contributed by atoms with Crippen LogP contribution in [0.1, 0.15) is 36.4 Å². The van der Waals surface area contributed by atoms with Gasteiger partial charge >= 0.3 is 0 Å². The number of hydrogen-bond acceptors (Lipinski definition) is 4. The van der Waals surface area contributed by atoms with Crippen molar-refractivity contribution in [3.8, 4) is 5.75 Å². The fraction of sp³-hybridized carbons (Fsp3) is 0.545. The van der Waals surface area contributed by atoms with Gasteiger partial charge < -0.3 is 10.0 Å². The SMILES string of the molecule is Cc1ccnn1CCC(=O)N1C[C@@H](c2cccc(O)c2)[C@@H]2[C@H]1C1CCN2CC1. The van der Waals surface area contributed by atoms with E-state index in [1.54, 1.807) is 12.3 Å². The minimum atomic E-state index is 0.237. The van der Waals surface area contributed by atoms with E-state index < -0.39 is 0 Å². The van der Waals surface area contributed by atoms with E-state index in [4.69, 9.17) is 0 Å². The molecule has 0 aliphatic carbocycles. The average Bonchev–Trinajstić information content (AvgIpc) is 3.32. The van der Waals surface area contributed by atoms with Crippen molar-refractivity contribution < 1.29 is 9.90 Å². The van der Waals surface area contributed by atoms with Crippen LogP contribution in [-0.2, 0) is 11.3 Å². The fourth-order valence-electron chi connectivity index (χ4n) is 5.73. The molecule has 1 aromatic heterocycles. The number of nitrogens with zero attached hydrogens (tertiary/aromatic N) is 4. The summed E-state index contributed by atoms with van der Waals surface area (Å²) in [5, 5.41) is 14.3. The lowest BCUT2D eigenvalue weighted by Crippen LogP contribution is -2.60. The Morgan fingerprint density at radius 1 is 1.21 bits per heavy atom. The highest BCUT2D eigenvalue weighted by atomic mass is 16.3. The number of piperidine rings is 3. The Bertz CT molecular complexity index is 871. The van der Waals surface area contributed by atoms with Crippen molar-refractivity contribution in [2.75, 3.05) is 19.6 Å². The largest absolute Gasteiger partial charge is 0.508 e. The molecular weight excluding hydrogens is 352 g/mol. The van der Waals surface area contributed by atoms with Gasteiger partial charge in [0.2, 0.25) is 5.91 Å². The van der Waals surface area contributed by atoms with E-state index in [1.807, 2.05) is 29.8 Å². The van der Waals surface area contributed by atoms with Gasteiger partial charge in [-0.2, -0.15) is 5.10 Å². The number of fused-ring (bicyclic) bond motifs is 2. The molecule has 1 aromatic carbocycles. The normalized spacial score (nSPS) is 31.2. The molecule has 6 nitrogen and oxygen atoms in total. The summed E-state index contributed by atoms with van der Waals surface area (Å²) >= 11 is 0. The predicted octanol–water partition coefficient (Wildman–Crippen LogP) is 2.38. The Kier molecular flexibility index (Phi) is 4.38. The molecule has 4 aliphatic heterocycles. The van der Waals surface area contributed by atoms with Gasteiger partial charge in [-0.1, -0.05) is 12.1 Å². The summed E-state index contributed by atoms with van der Waals surface area (Å²) in [4.78, 5) is 18.0. The van der Waals surface area contributed by atoms with Crippen LogP contribution in [0, 0.1) is 12.8 Å². The number of aromatic hydroxyl groups is 1. The molecule has 0 radical (unpaired) electrons. The van der Waals surface area contributed by atoms with Gasteiger partial charge in [-0.15, -0.1) is 0 Å². The Morgan fingerprint density at radius 3 is 2.75 bits per heavy atom. The summed E-state index contributed by atoms with van der Waals surface area (Å²) in [7, 11) is 0. The number of aryl methyl sites for hydroxylation is 2. The molecule has 1 N–H and O–H groups in total. The maximum absolute atomic E-state index is 13.2. The van der Waals surface area contributed by atoms with Crippen molar-refractivity contribution >= 4 is 5.91 Å². The maximum Gasteiger partial charge on any atom is 0.224 e. The molecule has 0 spiro atoms. The van der Waals surface area contributed by atoms with E-state index in [9.17, 15) is 9.90 Å². The highest BCUT2D eigenvalue weighted by molar-refractivity contribution is 5.77. The van der Waals surface area contributed by atoms with Crippen LogP contribution in [0.2, 0.25) is 0 Å². The van der Waals surface area contributed by atoms with Crippen LogP contribution in [0.4, 0.5) is 0 Å². The predicted molar refractivity (Wildman–Crippen MR) is 106 cm³/mol. The second-order valence-corrected chi connectivity index (χ2v) is 8.55. The summed E-state index contributed by atoms with van der Waals surface area (Å²) in [5.41, 5.74) is 2.24. The third-order valence-electron chi connectivity index (χ3n) is 7.08. The third kappa shape index (κ3) is 2.91. The number of rotatable bonds is 4. The molecule has 0 unspecified atom stereocenters. The molecule has 4 fully saturated rings. The van der Waals surface area contributed by atoms with Crippen LogP contribution in [0.5, 0.6) is 5.75 Å². The molecule has 2 aromatic rings. The molecule has 6 rings (SSSR count). The average molecular weight is 380 g/mol. The zero-order valence-electron chi connectivity index (χ0n) is 16.4. The second kappa shape index (κ2) is 6.92. The molecule has 6 heteroatoms. The molecule has 0 saturated carbocycles. The Morgan fingerprint density at radius 2 is 2.04 bits per heavy atom. The molecule has 148 valence electrons. The summed E-state index contributed by atoms with van der Waals surface area (Å²) in [5.74, 6) is 1.42. The molecule has 4 saturated heterocycles. The molecule has 1 amide bonds. The van der Waals surface area contributed by atoms with Crippen molar-refractivity contribution in [3.05, 3.63) is 47.8 Å². The standard InChI is InChI=1S/C22H28N4O2/c1-15-5-9-23-26(15)12-8-20(28)25-14-19(17-3-2-4-18(27)13-17)22-21(25)16-6-10-24(22)11-7-16/h2-5,9,13,16,19,21-22,27H,6-8,10-12,14H2,1H3/t19-,21+,22+/m0/s1. The summed E-state index contributed by atoms with van der Waals surface area (Å²) < 4.78 is 1.91. The van der Waals surface area contributed by atoms with Crippen LogP contribution >= 0.6 is 0 Å². The smallest absolute Gasteiger partial charge is 0.224 e. The summed E-state index contributed by atoms with van der Waals surface area (Å²) in [6.45, 7) is 5.68. The van der Waals surface area contributed by atoms with Gasteiger partial charge in [-0.3, -0.25) is 14.4 Å². The number of phenolic OH excluding ortho intramolecular Hbond substituents is 1. The zero-order valence-corrected chi connectivity index (χ0v) is 16.4. The number of amides is 1. The fourth-order valence-corrected chi connectivity index (χ4v) is 5.73. The van der Waals surface area contributed by atoms with Crippen molar-refractivity contribution in [1.29, 1.82) is 0 Å². The number of benzene rings is 1. The molecule has 5 heterocycles. The minimum Gasteiger partial charge on any atom is -0.508 e. The lowest BCUT2D eigenvalue weighted by molar-refractivity contribution is -0.136. The van der Waals surface area contributed by atoms with E-state index in [0.717, 1.165) is 30.9 Å². The second-order valence-electron chi connectivity index (χ2n) is 8.55. The van der Waals surface area contributed by atoms with E-state index in [-0.39, 0.29) is 11.8 Å². The lowest BCUT2D eigenvalue weighted by Gasteiger charge is -2.51. The van der Waals surface area contributed by atoms with Crippen LogP contribution < -0.4 is 0 Å². The van der Waals surface area contributed by atoms with Gasteiger partial charge in [-0.05, 0) is 62.5 Å². The van der Waals surface area contributed by atoms with Gasteiger partial charge in [0, 0.05) is 43.4 Å². The first-order chi connectivity index (χ1) is 13.6. The summed E-state index contributed by atoms with van der Waals surface area (Å²) in [6.07, 6.45) is 4.66. The maximum atomic E-state index is 13.2. The molecule has 3 atom stereocenters. The Hall–Kier alpha value is -2.34. The van der Waals surface area contributed by atoms with Gasteiger partial charge in [-0.25, -0.2) is 0 Å². The lowest BCUT2D eigenvalue weighted by atomic mass is 9.75. The minimum absolute atomic E-state index is 0.237. The van der Waals surface area contributed by atoms with E-state index >= 15 is 0 Å². The zero-order chi connectivity index (χ0) is 19.3. The molecule has 4 aliphatic rings. The topological polar surface area (TPSA) is 61.6 Å². The Balaban J connectivity index is 1.40. The highest BCUT2D eigenvalue weighted by Crippen LogP contribution is 2.47. The van der Waals surface area contributed by atoms with Crippen molar-refractivity contribution in [1.82, 2.24) is 19.6 Å². The van der Waals surface area contributed by atoms with Crippen LogP contribution in [-0.4, -0.2) is 62.3 Å². The number of carbonyl (C=O) groups is 1. The quantitative estimate of drug-likeness (QED) is 0.885. The van der Waals surface area contributed by atoms with E-state index in [0.29, 0.717) is 36.7 Å². The Labute approximate surface area is 165 Å². The van der Waals surface area contributed by atoms with E-state index in [2.05, 4.69) is 21.0 Å².